The highest BCUT2D eigenvalue weighted by molar-refractivity contribution is 6.30. The smallest absolute Gasteiger partial charge is 0.328 e. The van der Waals surface area contributed by atoms with Crippen molar-refractivity contribution < 1.29 is 14.3 Å². The van der Waals surface area contributed by atoms with E-state index in [4.69, 9.17) is 11.6 Å². The number of aryl methyl sites for hydroxylation is 1. The van der Waals surface area contributed by atoms with Gasteiger partial charge in [-0.3, -0.25) is 4.79 Å². The molecule has 1 N–H and O–H groups in total. The van der Waals surface area contributed by atoms with Crippen LogP contribution < -0.4 is 5.32 Å². The first kappa shape index (κ1) is 14.5. The minimum atomic E-state index is -0.643. The number of hydrogen-bond donors (Lipinski definition) is 1. The van der Waals surface area contributed by atoms with Crippen molar-refractivity contribution >= 4 is 23.5 Å². The van der Waals surface area contributed by atoms with Crippen LogP contribution in [0.4, 0.5) is 0 Å². The fourth-order valence-corrected chi connectivity index (χ4v) is 1.79. The SMILES string of the molecule is COC(=O)[C@H](C)NC(=O)Cc1ccc(Cl)cc1C. The van der Waals surface area contributed by atoms with Gasteiger partial charge in [-0.25, -0.2) is 4.79 Å². The van der Waals surface area contributed by atoms with Gasteiger partial charge in [-0.1, -0.05) is 17.7 Å². The molecule has 0 aromatic heterocycles. The van der Waals surface area contributed by atoms with Crippen LogP contribution in [0, 0.1) is 6.92 Å². The lowest BCUT2D eigenvalue weighted by Crippen LogP contribution is -2.39. The number of carbonyl (C=O) groups is 2. The fourth-order valence-electron chi connectivity index (χ4n) is 1.56. The number of esters is 1. The van der Waals surface area contributed by atoms with Gasteiger partial charge in [0.15, 0.2) is 0 Å². The van der Waals surface area contributed by atoms with E-state index in [0.717, 1.165) is 11.1 Å². The van der Waals surface area contributed by atoms with Crippen molar-refractivity contribution in [1.82, 2.24) is 5.32 Å². The van der Waals surface area contributed by atoms with Crippen molar-refractivity contribution in [2.24, 2.45) is 0 Å². The molecule has 1 aromatic rings. The fraction of sp³-hybridized carbons (Fsp3) is 0.385. The van der Waals surface area contributed by atoms with E-state index in [1.807, 2.05) is 6.92 Å². The molecule has 0 fully saturated rings. The number of ether oxygens (including phenoxy) is 1. The highest BCUT2D eigenvalue weighted by Crippen LogP contribution is 2.15. The Morgan fingerprint density at radius 2 is 2.11 bits per heavy atom. The Hall–Kier alpha value is -1.55. The molecule has 0 unspecified atom stereocenters. The molecule has 1 rings (SSSR count). The van der Waals surface area contributed by atoms with E-state index in [-0.39, 0.29) is 12.3 Å². The first-order chi connectivity index (χ1) is 8.43. The topological polar surface area (TPSA) is 55.4 Å². The van der Waals surface area contributed by atoms with E-state index in [1.54, 1.807) is 25.1 Å². The van der Waals surface area contributed by atoms with Crippen LogP contribution in [-0.2, 0) is 20.7 Å². The highest BCUT2D eigenvalue weighted by atomic mass is 35.5. The normalized spacial score (nSPS) is 11.8. The molecule has 1 amide bonds. The number of hydrogen-bond acceptors (Lipinski definition) is 3. The highest BCUT2D eigenvalue weighted by Gasteiger charge is 2.16. The van der Waals surface area contributed by atoms with Crippen molar-refractivity contribution in [2.75, 3.05) is 7.11 Å². The molecule has 0 aliphatic heterocycles. The molecule has 1 aromatic carbocycles. The quantitative estimate of drug-likeness (QED) is 0.849. The average molecular weight is 270 g/mol. The Morgan fingerprint density at radius 1 is 1.44 bits per heavy atom. The van der Waals surface area contributed by atoms with Gasteiger partial charge >= 0.3 is 5.97 Å². The molecular formula is C13H16ClNO3. The number of methoxy groups -OCH3 is 1. The van der Waals surface area contributed by atoms with Crippen LogP contribution in [0.5, 0.6) is 0 Å². The number of carbonyl (C=O) groups excluding carboxylic acids is 2. The van der Waals surface area contributed by atoms with Gasteiger partial charge < -0.3 is 10.1 Å². The predicted molar refractivity (Wildman–Crippen MR) is 69.5 cm³/mol. The summed E-state index contributed by atoms with van der Waals surface area (Å²) >= 11 is 5.84. The number of rotatable bonds is 4. The van der Waals surface area contributed by atoms with Crippen molar-refractivity contribution in [2.45, 2.75) is 26.3 Å². The number of nitrogens with one attached hydrogen (secondary N) is 1. The molecule has 0 radical (unpaired) electrons. The molecule has 0 aliphatic carbocycles. The van der Waals surface area contributed by atoms with E-state index in [1.165, 1.54) is 7.11 Å². The van der Waals surface area contributed by atoms with Gasteiger partial charge in [-0.2, -0.15) is 0 Å². The maximum atomic E-state index is 11.7. The maximum absolute atomic E-state index is 11.7. The van der Waals surface area contributed by atoms with Crippen LogP contribution in [0.25, 0.3) is 0 Å². The third kappa shape index (κ3) is 4.04. The van der Waals surface area contributed by atoms with Crippen molar-refractivity contribution in [3.05, 3.63) is 34.3 Å². The second-order valence-corrected chi connectivity index (χ2v) is 4.50. The lowest BCUT2D eigenvalue weighted by Gasteiger charge is -2.12. The Balaban J connectivity index is 2.62. The average Bonchev–Trinajstić information content (AvgIpc) is 2.31. The molecule has 98 valence electrons. The second-order valence-electron chi connectivity index (χ2n) is 4.06. The van der Waals surface area contributed by atoms with Crippen LogP contribution in [0.3, 0.4) is 0 Å². The molecule has 4 nitrogen and oxygen atoms in total. The minimum Gasteiger partial charge on any atom is -0.467 e. The van der Waals surface area contributed by atoms with Gasteiger partial charge in [0.1, 0.15) is 6.04 Å². The largest absolute Gasteiger partial charge is 0.467 e. The van der Waals surface area contributed by atoms with E-state index < -0.39 is 12.0 Å². The molecule has 5 heteroatoms. The molecule has 0 spiro atoms. The Kier molecular flexibility index (Phi) is 5.16. The molecule has 0 saturated heterocycles. The third-order valence-corrected chi connectivity index (χ3v) is 2.82. The summed E-state index contributed by atoms with van der Waals surface area (Å²) in [4.78, 5) is 22.9. The minimum absolute atomic E-state index is 0.213. The summed E-state index contributed by atoms with van der Waals surface area (Å²) < 4.78 is 4.53. The number of amides is 1. The Morgan fingerprint density at radius 3 is 2.67 bits per heavy atom. The summed E-state index contributed by atoms with van der Waals surface area (Å²) in [6, 6.07) is 4.70. The van der Waals surface area contributed by atoms with Gasteiger partial charge in [-0.05, 0) is 37.1 Å². The number of benzene rings is 1. The first-order valence-corrected chi connectivity index (χ1v) is 5.94. The maximum Gasteiger partial charge on any atom is 0.328 e. The molecule has 1 atom stereocenters. The monoisotopic (exact) mass is 269 g/mol. The lowest BCUT2D eigenvalue weighted by atomic mass is 10.1. The summed E-state index contributed by atoms with van der Waals surface area (Å²) in [5, 5.41) is 3.21. The van der Waals surface area contributed by atoms with E-state index in [0.29, 0.717) is 5.02 Å². The number of halogens is 1. The van der Waals surface area contributed by atoms with Crippen molar-refractivity contribution in [1.29, 1.82) is 0 Å². The van der Waals surface area contributed by atoms with E-state index in [9.17, 15) is 9.59 Å². The van der Waals surface area contributed by atoms with Crippen molar-refractivity contribution in [3.8, 4) is 0 Å². The van der Waals surface area contributed by atoms with Crippen LogP contribution in [0.1, 0.15) is 18.1 Å². The third-order valence-electron chi connectivity index (χ3n) is 2.59. The zero-order valence-electron chi connectivity index (χ0n) is 10.6. The van der Waals surface area contributed by atoms with Gasteiger partial charge in [0.2, 0.25) is 5.91 Å². The van der Waals surface area contributed by atoms with Crippen LogP contribution in [0.15, 0.2) is 18.2 Å². The molecule has 18 heavy (non-hydrogen) atoms. The summed E-state index contributed by atoms with van der Waals surface area (Å²) in [7, 11) is 1.29. The van der Waals surface area contributed by atoms with Crippen LogP contribution >= 0.6 is 11.6 Å². The Bertz CT molecular complexity index is 460. The standard InChI is InChI=1S/C13H16ClNO3/c1-8-6-11(14)5-4-10(8)7-12(16)15-9(2)13(17)18-3/h4-6,9H,7H2,1-3H3,(H,15,16)/t9-/m0/s1. The van der Waals surface area contributed by atoms with E-state index >= 15 is 0 Å². The Labute approximate surface area is 111 Å². The molecule has 0 bridgehead atoms. The van der Waals surface area contributed by atoms with Gasteiger partial charge in [0.05, 0.1) is 13.5 Å². The molecule has 0 saturated carbocycles. The zero-order valence-corrected chi connectivity index (χ0v) is 11.4. The van der Waals surface area contributed by atoms with Crippen molar-refractivity contribution in [3.63, 3.8) is 0 Å². The van der Waals surface area contributed by atoms with E-state index in [2.05, 4.69) is 10.1 Å². The molecule has 0 heterocycles. The summed E-state index contributed by atoms with van der Waals surface area (Å²) in [5.74, 6) is -0.686. The summed E-state index contributed by atoms with van der Waals surface area (Å²) in [6.07, 6.45) is 0.213. The van der Waals surface area contributed by atoms with Crippen LogP contribution in [-0.4, -0.2) is 25.0 Å². The molecular weight excluding hydrogens is 254 g/mol. The molecule has 0 aliphatic rings. The second kappa shape index (κ2) is 6.40. The summed E-state index contributed by atoms with van der Waals surface area (Å²) in [5.41, 5.74) is 1.83. The summed E-state index contributed by atoms with van der Waals surface area (Å²) in [6.45, 7) is 3.47. The van der Waals surface area contributed by atoms with Gasteiger partial charge in [0.25, 0.3) is 0 Å². The lowest BCUT2D eigenvalue weighted by molar-refractivity contribution is -0.144. The van der Waals surface area contributed by atoms with Gasteiger partial charge in [-0.15, -0.1) is 0 Å². The van der Waals surface area contributed by atoms with Crippen LogP contribution in [0.2, 0.25) is 5.02 Å². The first-order valence-electron chi connectivity index (χ1n) is 5.56. The predicted octanol–water partition coefficient (Wildman–Crippen LogP) is 1.87. The van der Waals surface area contributed by atoms with Gasteiger partial charge in [0, 0.05) is 5.02 Å². The zero-order chi connectivity index (χ0) is 13.7.